The molecule has 4 rings (SSSR count). The standard InChI is InChI=1S/C21H30N2O3.ClH/c1-15-5-6-16(19(10-15)26-18-7-9-25-13-18)11-23-20(24)21-8-3-2-4-17(21)12-22-14-21;/h5-6,10,17-18,22H,2-4,7-9,11-14H2,1H3,(H,23,24);1H/t17-,18?,21+;/m0./s1. The van der Waals surface area contributed by atoms with Gasteiger partial charge in [-0.05, 0) is 43.9 Å². The van der Waals surface area contributed by atoms with Crippen molar-refractivity contribution in [1.82, 2.24) is 10.6 Å². The second-order valence-electron chi connectivity index (χ2n) is 8.13. The van der Waals surface area contributed by atoms with Crippen LogP contribution < -0.4 is 15.4 Å². The Morgan fingerprint density at radius 1 is 1.37 bits per heavy atom. The predicted molar refractivity (Wildman–Crippen MR) is 107 cm³/mol. The average Bonchev–Trinajstić information content (AvgIpc) is 3.30. The van der Waals surface area contributed by atoms with Gasteiger partial charge >= 0.3 is 0 Å². The molecule has 1 aromatic rings. The highest BCUT2D eigenvalue weighted by molar-refractivity contribution is 5.85. The second kappa shape index (κ2) is 8.80. The largest absolute Gasteiger partial charge is 0.488 e. The van der Waals surface area contributed by atoms with Gasteiger partial charge in [-0.2, -0.15) is 0 Å². The molecule has 1 aromatic carbocycles. The van der Waals surface area contributed by atoms with E-state index in [0.717, 1.165) is 50.3 Å². The smallest absolute Gasteiger partial charge is 0.228 e. The first-order chi connectivity index (χ1) is 12.7. The van der Waals surface area contributed by atoms with E-state index in [0.29, 0.717) is 19.1 Å². The number of carbonyl (C=O) groups is 1. The monoisotopic (exact) mass is 394 g/mol. The molecular weight excluding hydrogens is 364 g/mol. The number of halogens is 1. The lowest BCUT2D eigenvalue weighted by Crippen LogP contribution is -2.47. The molecule has 0 bridgehead atoms. The van der Waals surface area contributed by atoms with Crippen LogP contribution in [-0.4, -0.2) is 38.3 Å². The summed E-state index contributed by atoms with van der Waals surface area (Å²) in [6, 6.07) is 6.22. The van der Waals surface area contributed by atoms with Gasteiger partial charge in [-0.25, -0.2) is 0 Å². The van der Waals surface area contributed by atoms with Crippen molar-refractivity contribution < 1.29 is 14.3 Å². The third kappa shape index (κ3) is 4.25. The van der Waals surface area contributed by atoms with E-state index in [1.807, 2.05) is 0 Å². The van der Waals surface area contributed by atoms with Gasteiger partial charge < -0.3 is 20.1 Å². The molecule has 3 fully saturated rings. The lowest BCUT2D eigenvalue weighted by molar-refractivity contribution is -0.134. The zero-order valence-electron chi connectivity index (χ0n) is 16.1. The van der Waals surface area contributed by atoms with Crippen LogP contribution >= 0.6 is 12.4 Å². The minimum Gasteiger partial charge on any atom is -0.488 e. The molecule has 150 valence electrons. The van der Waals surface area contributed by atoms with Gasteiger partial charge in [0.05, 0.1) is 18.6 Å². The molecule has 3 aliphatic rings. The second-order valence-corrected chi connectivity index (χ2v) is 8.13. The van der Waals surface area contributed by atoms with Crippen molar-refractivity contribution in [2.75, 3.05) is 26.3 Å². The first kappa shape index (κ1) is 20.4. The summed E-state index contributed by atoms with van der Waals surface area (Å²) in [5, 5.41) is 6.68. The van der Waals surface area contributed by atoms with Crippen LogP contribution in [0.4, 0.5) is 0 Å². The molecular formula is C21H31ClN2O3. The Balaban J connectivity index is 0.00000210. The highest BCUT2D eigenvalue weighted by atomic mass is 35.5. The summed E-state index contributed by atoms with van der Waals surface area (Å²) in [5.74, 6) is 1.58. The van der Waals surface area contributed by atoms with Crippen LogP contribution in [-0.2, 0) is 16.1 Å². The van der Waals surface area contributed by atoms with Gasteiger partial charge in [-0.15, -0.1) is 12.4 Å². The normalized spacial score (nSPS) is 29.7. The predicted octanol–water partition coefficient (Wildman–Crippen LogP) is 2.98. The molecule has 2 heterocycles. The molecule has 2 aliphatic heterocycles. The molecule has 1 saturated carbocycles. The van der Waals surface area contributed by atoms with E-state index in [1.165, 1.54) is 18.4 Å². The Hall–Kier alpha value is -1.30. The summed E-state index contributed by atoms with van der Waals surface area (Å²) < 4.78 is 11.6. The Morgan fingerprint density at radius 2 is 2.26 bits per heavy atom. The number of amides is 1. The zero-order valence-corrected chi connectivity index (χ0v) is 16.9. The van der Waals surface area contributed by atoms with E-state index in [1.54, 1.807) is 0 Å². The zero-order chi connectivity index (χ0) is 18.0. The molecule has 0 aromatic heterocycles. The third-order valence-electron chi connectivity index (χ3n) is 6.33. The fourth-order valence-corrected chi connectivity index (χ4v) is 4.74. The summed E-state index contributed by atoms with van der Waals surface area (Å²) in [7, 11) is 0. The van der Waals surface area contributed by atoms with Crippen LogP contribution in [0.25, 0.3) is 0 Å². The first-order valence-corrected chi connectivity index (χ1v) is 10.0. The lowest BCUT2D eigenvalue weighted by atomic mass is 9.67. The van der Waals surface area contributed by atoms with Gasteiger partial charge in [0, 0.05) is 25.1 Å². The summed E-state index contributed by atoms with van der Waals surface area (Å²) >= 11 is 0. The van der Waals surface area contributed by atoms with Crippen molar-refractivity contribution in [3.05, 3.63) is 29.3 Å². The Kier molecular flexibility index (Phi) is 6.66. The summed E-state index contributed by atoms with van der Waals surface area (Å²) in [5.41, 5.74) is 2.01. The lowest BCUT2D eigenvalue weighted by Gasteiger charge is -2.37. The van der Waals surface area contributed by atoms with Gasteiger partial charge in [0.15, 0.2) is 0 Å². The van der Waals surface area contributed by atoms with Crippen LogP contribution in [0.2, 0.25) is 0 Å². The number of rotatable bonds is 5. The molecule has 1 unspecified atom stereocenters. The number of fused-ring (bicyclic) bond motifs is 1. The van der Waals surface area contributed by atoms with Crippen LogP contribution in [0, 0.1) is 18.3 Å². The van der Waals surface area contributed by atoms with Crippen molar-refractivity contribution >= 4 is 18.3 Å². The maximum atomic E-state index is 13.1. The van der Waals surface area contributed by atoms with E-state index < -0.39 is 0 Å². The molecule has 2 saturated heterocycles. The number of hydrogen-bond donors (Lipinski definition) is 2. The molecule has 0 spiro atoms. The van der Waals surface area contributed by atoms with Gasteiger partial charge in [-0.3, -0.25) is 4.79 Å². The molecule has 3 atom stereocenters. The number of carbonyl (C=O) groups excluding carboxylic acids is 1. The molecule has 27 heavy (non-hydrogen) atoms. The minimum absolute atomic E-state index is 0. The minimum atomic E-state index is -0.205. The molecule has 5 nitrogen and oxygen atoms in total. The first-order valence-electron chi connectivity index (χ1n) is 10.0. The molecule has 0 radical (unpaired) electrons. The number of aryl methyl sites for hydroxylation is 1. The van der Waals surface area contributed by atoms with Crippen LogP contribution in [0.3, 0.4) is 0 Å². The van der Waals surface area contributed by atoms with Crippen LogP contribution in [0.5, 0.6) is 5.75 Å². The Bertz CT molecular complexity index is 663. The van der Waals surface area contributed by atoms with Crippen molar-refractivity contribution in [2.45, 2.75) is 51.7 Å². The SMILES string of the molecule is Cc1ccc(CNC(=O)[C@@]23CCCC[C@H]2CNC3)c(OC2CCOC2)c1.Cl. The fourth-order valence-electron chi connectivity index (χ4n) is 4.74. The van der Waals surface area contributed by atoms with Crippen LogP contribution in [0.1, 0.15) is 43.2 Å². The van der Waals surface area contributed by atoms with Crippen molar-refractivity contribution in [3.8, 4) is 5.75 Å². The number of ether oxygens (including phenoxy) is 2. The van der Waals surface area contributed by atoms with Gasteiger partial charge in [0.25, 0.3) is 0 Å². The van der Waals surface area contributed by atoms with E-state index in [4.69, 9.17) is 9.47 Å². The molecule has 1 amide bonds. The average molecular weight is 395 g/mol. The topological polar surface area (TPSA) is 59.6 Å². The van der Waals surface area contributed by atoms with E-state index >= 15 is 0 Å². The molecule has 1 aliphatic carbocycles. The highest BCUT2D eigenvalue weighted by Gasteiger charge is 2.49. The van der Waals surface area contributed by atoms with Crippen molar-refractivity contribution in [1.29, 1.82) is 0 Å². The summed E-state index contributed by atoms with van der Waals surface area (Å²) in [4.78, 5) is 13.1. The fraction of sp³-hybridized carbons (Fsp3) is 0.667. The Morgan fingerprint density at radius 3 is 3.07 bits per heavy atom. The van der Waals surface area contributed by atoms with E-state index in [9.17, 15) is 4.79 Å². The van der Waals surface area contributed by atoms with Crippen molar-refractivity contribution in [3.63, 3.8) is 0 Å². The van der Waals surface area contributed by atoms with Gasteiger partial charge in [-0.1, -0.05) is 25.0 Å². The quantitative estimate of drug-likeness (QED) is 0.806. The van der Waals surface area contributed by atoms with E-state index in [-0.39, 0.29) is 29.8 Å². The van der Waals surface area contributed by atoms with Gasteiger partial charge in [0.1, 0.15) is 11.9 Å². The van der Waals surface area contributed by atoms with Crippen molar-refractivity contribution in [2.24, 2.45) is 11.3 Å². The molecule has 2 N–H and O–H groups in total. The Labute approximate surface area is 168 Å². The van der Waals surface area contributed by atoms with E-state index in [2.05, 4.69) is 35.8 Å². The van der Waals surface area contributed by atoms with Gasteiger partial charge in [0.2, 0.25) is 5.91 Å². The summed E-state index contributed by atoms with van der Waals surface area (Å²) in [6.45, 7) is 5.80. The number of benzene rings is 1. The third-order valence-corrected chi connectivity index (χ3v) is 6.33. The van der Waals surface area contributed by atoms with Crippen LogP contribution in [0.15, 0.2) is 18.2 Å². The molecule has 6 heteroatoms. The highest BCUT2D eigenvalue weighted by Crippen LogP contribution is 2.44. The maximum absolute atomic E-state index is 13.1. The number of nitrogens with one attached hydrogen (secondary N) is 2. The maximum Gasteiger partial charge on any atom is 0.228 e. The number of hydrogen-bond acceptors (Lipinski definition) is 4. The summed E-state index contributed by atoms with van der Waals surface area (Å²) in [6.07, 6.45) is 5.63.